The highest BCUT2D eigenvalue weighted by atomic mass is 19.1. The van der Waals surface area contributed by atoms with Gasteiger partial charge in [-0.05, 0) is 24.1 Å². The van der Waals surface area contributed by atoms with Crippen LogP contribution in [0, 0.1) is 5.95 Å². The van der Waals surface area contributed by atoms with Crippen LogP contribution in [-0.4, -0.2) is 24.7 Å². The Labute approximate surface area is 88.0 Å². The van der Waals surface area contributed by atoms with Crippen molar-refractivity contribution in [3.8, 4) is 0 Å². The Hall–Kier alpha value is -1.42. The van der Waals surface area contributed by atoms with Gasteiger partial charge in [0, 0.05) is 6.54 Å². The molecule has 1 aromatic rings. The van der Waals surface area contributed by atoms with Gasteiger partial charge < -0.3 is 10.1 Å². The van der Waals surface area contributed by atoms with Crippen molar-refractivity contribution in [3.63, 3.8) is 0 Å². The maximum absolute atomic E-state index is 12.7. The summed E-state index contributed by atoms with van der Waals surface area (Å²) in [6.07, 6.45) is 3.10. The van der Waals surface area contributed by atoms with Crippen LogP contribution in [0.15, 0.2) is 29.8 Å². The molecule has 0 fully saturated rings. The molecule has 1 N–H and O–H groups in total. The lowest BCUT2D eigenvalue weighted by Gasteiger charge is -2.14. The molecule has 0 saturated carbocycles. The summed E-state index contributed by atoms with van der Waals surface area (Å²) in [5.41, 5.74) is 1.19. The molecule has 1 aliphatic heterocycles. The standard InChI is InChI=1S/C11H13FN2O/c12-10-4-1-5-11(14-10)13-7-9-3-2-6-15-8-9/h1,3-5H,2,6-8H2,(H,13,14). The minimum atomic E-state index is -0.464. The first-order chi connectivity index (χ1) is 7.34. The van der Waals surface area contributed by atoms with E-state index in [0.717, 1.165) is 13.0 Å². The van der Waals surface area contributed by atoms with E-state index >= 15 is 0 Å². The number of rotatable bonds is 3. The third kappa shape index (κ3) is 3.02. The van der Waals surface area contributed by atoms with Crippen LogP contribution in [0.4, 0.5) is 10.2 Å². The Balaban J connectivity index is 1.90. The molecule has 0 unspecified atom stereocenters. The molecule has 1 aliphatic rings. The first-order valence-corrected chi connectivity index (χ1v) is 4.97. The number of halogens is 1. The van der Waals surface area contributed by atoms with Crippen molar-refractivity contribution in [2.45, 2.75) is 6.42 Å². The normalized spacial score (nSPS) is 15.9. The quantitative estimate of drug-likeness (QED) is 0.609. The highest BCUT2D eigenvalue weighted by molar-refractivity contribution is 5.35. The molecule has 2 heterocycles. The summed E-state index contributed by atoms with van der Waals surface area (Å²) in [7, 11) is 0. The lowest BCUT2D eigenvalue weighted by atomic mass is 10.2. The zero-order chi connectivity index (χ0) is 10.5. The molecule has 15 heavy (non-hydrogen) atoms. The predicted molar refractivity (Wildman–Crippen MR) is 56.2 cm³/mol. The van der Waals surface area contributed by atoms with Crippen LogP contribution >= 0.6 is 0 Å². The predicted octanol–water partition coefficient (Wildman–Crippen LogP) is 1.98. The first-order valence-electron chi connectivity index (χ1n) is 4.97. The number of pyridine rings is 1. The van der Waals surface area contributed by atoms with Crippen molar-refractivity contribution in [1.82, 2.24) is 4.98 Å². The summed E-state index contributed by atoms with van der Waals surface area (Å²) < 4.78 is 18.0. The van der Waals surface area contributed by atoms with E-state index in [-0.39, 0.29) is 0 Å². The second-order valence-corrected chi connectivity index (χ2v) is 3.40. The molecule has 0 aromatic carbocycles. The van der Waals surface area contributed by atoms with Gasteiger partial charge in [0.2, 0.25) is 5.95 Å². The fraction of sp³-hybridized carbons (Fsp3) is 0.364. The number of anilines is 1. The molecule has 0 saturated heterocycles. The summed E-state index contributed by atoms with van der Waals surface area (Å²) in [6.45, 7) is 2.11. The molecule has 0 aliphatic carbocycles. The van der Waals surface area contributed by atoms with Gasteiger partial charge in [-0.25, -0.2) is 4.98 Å². The molecule has 3 nitrogen and oxygen atoms in total. The Morgan fingerprint density at radius 2 is 2.40 bits per heavy atom. The number of hydrogen-bond acceptors (Lipinski definition) is 3. The topological polar surface area (TPSA) is 34.1 Å². The molecule has 0 spiro atoms. The van der Waals surface area contributed by atoms with Crippen molar-refractivity contribution in [1.29, 1.82) is 0 Å². The van der Waals surface area contributed by atoms with Crippen LogP contribution in [0.25, 0.3) is 0 Å². The van der Waals surface area contributed by atoms with Gasteiger partial charge in [-0.15, -0.1) is 0 Å². The number of aromatic nitrogens is 1. The molecule has 0 atom stereocenters. The Morgan fingerprint density at radius 3 is 3.13 bits per heavy atom. The summed E-state index contributed by atoms with van der Waals surface area (Å²) in [5.74, 6) is 0.0929. The lowest BCUT2D eigenvalue weighted by molar-refractivity contribution is 0.150. The van der Waals surface area contributed by atoms with E-state index in [2.05, 4.69) is 16.4 Å². The van der Waals surface area contributed by atoms with E-state index in [0.29, 0.717) is 19.0 Å². The SMILES string of the molecule is Fc1cccc(NCC2=CCCOC2)n1. The fourth-order valence-corrected chi connectivity index (χ4v) is 1.44. The van der Waals surface area contributed by atoms with Crippen molar-refractivity contribution >= 4 is 5.82 Å². The second kappa shape index (κ2) is 4.89. The van der Waals surface area contributed by atoms with Gasteiger partial charge in [0.15, 0.2) is 0 Å². The zero-order valence-electron chi connectivity index (χ0n) is 8.37. The van der Waals surface area contributed by atoms with Crippen LogP contribution in [0.1, 0.15) is 6.42 Å². The molecule has 2 rings (SSSR count). The molecule has 0 bridgehead atoms. The average Bonchev–Trinajstić information content (AvgIpc) is 2.28. The molecule has 80 valence electrons. The maximum Gasteiger partial charge on any atom is 0.214 e. The van der Waals surface area contributed by atoms with Gasteiger partial charge in [-0.1, -0.05) is 12.1 Å². The molecule has 4 heteroatoms. The van der Waals surface area contributed by atoms with Crippen LogP contribution in [0.3, 0.4) is 0 Å². The molecular weight excluding hydrogens is 195 g/mol. The van der Waals surface area contributed by atoms with Crippen LogP contribution in [0.2, 0.25) is 0 Å². The Bertz CT molecular complexity index is 365. The van der Waals surface area contributed by atoms with Crippen molar-refractivity contribution in [3.05, 3.63) is 35.8 Å². The van der Waals surface area contributed by atoms with E-state index in [4.69, 9.17) is 4.74 Å². The number of nitrogens with one attached hydrogen (secondary N) is 1. The van der Waals surface area contributed by atoms with E-state index in [9.17, 15) is 4.39 Å². The van der Waals surface area contributed by atoms with E-state index < -0.39 is 5.95 Å². The number of ether oxygens (including phenoxy) is 1. The zero-order valence-corrected chi connectivity index (χ0v) is 8.37. The van der Waals surface area contributed by atoms with Gasteiger partial charge in [0.25, 0.3) is 0 Å². The van der Waals surface area contributed by atoms with Crippen molar-refractivity contribution in [2.75, 3.05) is 25.1 Å². The lowest BCUT2D eigenvalue weighted by Crippen LogP contribution is -2.14. The van der Waals surface area contributed by atoms with E-state index in [1.165, 1.54) is 11.6 Å². The van der Waals surface area contributed by atoms with Crippen molar-refractivity contribution in [2.24, 2.45) is 0 Å². The van der Waals surface area contributed by atoms with Gasteiger partial charge in [0.05, 0.1) is 13.2 Å². The van der Waals surface area contributed by atoms with Gasteiger partial charge in [-0.3, -0.25) is 0 Å². The Morgan fingerprint density at radius 1 is 1.47 bits per heavy atom. The molecular formula is C11H13FN2O. The van der Waals surface area contributed by atoms with Crippen LogP contribution < -0.4 is 5.32 Å². The summed E-state index contributed by atoms with van der Waals surface area (Å²) in [6, 6.07) is 4.71. The minimum absolute atomic E-state index is 0.464. The molecule has 0 radical (unpaired) electrons. The monoisotopic (exact) mass is 208 g/mol. The minimum Gasteiger partial charge on any atom is -0.377 e. The third-order valence-corrected chi connectivity index (χ3v) is 2.19. The smallest absolute Gasteiger partial charge is 0.214 e. The van der Waals surface area contributed by atoms with Crippen LogP contribution in [-0.2, 0) is 4.74 Å². The maximum atomic E-state index is 12.7. The third-order valence-electron chi connectivity index (χ3n) is 2.19. The van der Waals surface area contributed by atoms with Gasteiger partial charge in [0.1, 0.15) is 5.82 Å². The summed E-state index contributed by atoms with van der Waals surface area (Å²) in [4.78, 5) is 3.71. The first kappa shape index (κ1) is 10.1. The van der Waals surface area contributed by atoms with Gasteiger partial charge in [-0.2, -0.15) is 4.39 Å². The number of nitrogens with zero attached hydrogens (tertiary/aromatic N) is 1. The summed E-state index contributed by atoms with van der Waals surface area (Å²) >= 11 is 0. The molecule has 1 aromatic heterocycles. The van der Waals surface area contributed by atoms with Gasteiger partial charge >= 0.3 is 0 Å². The molecule has 0 amide bonds. The van der Waals surface area contributed by atoms with Crippen LogP contribution in [0.5, 0.6) is 0 Å². The average molecular weight is 208 g/mol. The van der Waals surface area contributed by atoms with Crippen molar-refractivity contribution < 1.29 is 9.13 Å². The highest BCUT2D eigenvalue weighted by Crippen LogP contribution is 2.08. The Kier molecular flexibility index (Phi) is 3.29. The summed E-state index contributed by atoms with van der Waals surface area (Å²) in [5, 5.41) is 3.06. The fourth-order valence-electron chi connectivity index (χ4n) is 1.44. The van der Waals surface area contributed by atoms with E-state index in [1.54, 1.807) is 12.1 Å². The number of hydrogen-bond donors (Lipinski definition) is 1. The highest BCUT2D eigenvalue weighted by Gasteiger charge is 2.03. The largest absolute Gasteiger partial charge is 0.377 e. The van der Waals surface area contributed by atoms with E-state index in [1.807, 2.05) is 0 Å². The second-order valence-electron chi connectivity index (χ2n) is 3.40.